The molecule has 0 saturated carbocycles. The van der Waals surface area contributed by atoms with E-state index in [1.54, 1.807) is 12.1 Å². The fraction of sp³-hybridized carbons (Fsp3) is 0.333. The lowest BCUT2D eigenvalue weighted by Crippen LogP contribution is -2.46. The Balaban J connectivity index is 0.00000261. The molecule has 2 aromatic carbocycles. The van der Waals surface area contributed by atoms with Crippen molar-refractivity contribution in [3.63, 3.8) is 0 Å². The second-order valence-electron chi connectivity index (χ2n) is 6.93. The number of carbonyl (C=O) groups excluding carboxylic acids is 2. The van der Waals surface area contributed by atoms with E-state index in [4.69, 9.17) is 5.73 Å². The molecule has 6 heteroatoms. The van der Waals surface area contributed by atoms with E-state index in [1.165, 1.54) is 0 Å². The number of halogens is 1. The lowest BCUT2D eigenvalue weighted by atomic mass is 10.0. The summed E-state index contributed by atoms with van der Waals surface area (Å²) in [4.78, 5) is 27.0. The number of piperidine rings is 1. The van der Waals surface area contributed by atoms with E-state index in [2.05, 4.69) is 5.32 Å². The van der Waals surface area contributed by atoms with Crippen LogP contribution in [0.25, 0.3) is 0 Å². The summed E-state index contributed by atoms with van der Waals surface area (Å²) in [6.07, 6.45) is 1.51. The van der Waals surface area contributed by atoms with Crippen molar-refractivity contribution in [2.75, 3.05) is 18.8 Å². The van der Waals surface area contributed by atoms with Crippen LogP contribution in [0.4, 0.5) is 5.69 Å². The third-order valence-corrected chi connectivity index (χ3v) is 5.00. The van der Waals surface area contributed by atoms with Crippen molar-refractivity contribution in [2.45, 2.75) is 32.7 Å². The lowest BCUT2D eigenvalue weighted by molar-refractivity contribution is 0.0697. The molecule has 27 heavy (non-hydrogen) atoms. The van der Waals surface area contributed by atoms with Gasteiger partial charge in [0.25, 0.3) is 11.8 Å². The number of likely N-dealkylation sites (tertiary alicyclic amines) is 1. The topological polar surface area (TPSA) is 75.4 Å². The van der Waals surface area contributed by atoms with E-state index < -0.39 is 0 Å². The van der Waals surface area contributed by atoms with Crippen LogP contribution in [0.1, 0.15) is 44.7 Å². The van der Waals surface area contributed by atoms with Gasteiger partial charge in [0.15, 0.2) is 0 Å². The van der Waals surface area contributed by atoms with Gasteiger partial charge in [-0.25, -0.2) is 0 Å². The Kier molecular flexibility index (Phi) is 6.86. The van der Waals surface area contributed by atoms with Gasteiger partial charge in [0.2, 0.25) is 0 Å². The normalized spacial score (nSPS) is 14.4. The molecule has 5 nitrogen and oxygen atoms in total. The highest BCUT2D eigenvalue weighted by Gasteiger charge is 2.26. The van der Waals surface area contributed by atoms with Gasteiger partial charge in [-0.2, -0.15) is 0 Å². The maximum Gasteiger partial charge on any atom is 0.254 e. The van der Waals surface area contributed by atoms with E-state index in [9.17, 15) is 9.59 Å². The van der Waals surface area contributed by atoms with Gasteiger partial charge in [0, 0.05) is 35.9 Å². The van der Waals surface area contributed by atoms with Gasteiger partial charge in [-0.3, -0.25) is 9.59 Å². The molecule has 1 heterocycles. The molecule has 0 aromatic heterocycles. The molecule has 0 bridgehead atoms. The molecule has 0 aliphatic carbocycles. The van der Waals surface area contributed by atoms with Crippen LogP contribution in [0.15, 0.2) is 42.5 Å². The third-order valence-electron chi connectivity index (χ3n) is 5.00. The fourth-order valence-electron chi connectivity index (χ4n) is 3.36. The first-order chi connectivity index (χ1) is 12.5. The van der Waals surface area contributed by atoms with Crippen molar-refractivity contribution in [2.24, 2.45) is 0 Å². The summed E-state index contributed by atoms with van der Waals surface area (Å²) >= 11 is 0. The van der Waals surface area contributed by atoms with Crippen LogP contribution in [0.3, 0.4) is 0 Å². The van der Waals surface area contributed by atoms with Crippen LogP contribution < -0.4 is 11.1 Å². The minimum absolute atomic E-state index is 0. The zero-order chi connectivity index (χ0) is 18.7. The van der Waals surface area contributed by atoms with Crippen molar-refractivity contribution in [3.05, 3.63) is 64.7 Å². The maximum absolute atomic E-state index is 12.8. The second kappa shape index (κ2) is 8.91. The molecular formula is C21H26ClN3O2. The number of nitrogens with zero attached hydrogens (tertiary/aromatic N) is 1. The molecule has 1 fully saturated rings. The monoisotopic (exact) mass is 387 g/mol. The Hall–Kier alpha value is -2.53. The summed E-state index contributed by atoms with van der Waals surface area (Å²) in [6, 6.07) is 13.1. The predicted octanol–water partition coefficient (Wildman–Crippen LogP) is 3.34. The fourth-order valence-corrected chi connectivity index (χ4v) is 3.36. The first-order valence-electron chi connectivity index (χ1n) is 8.97. The molecule has 1 aliphatic rings. The van der Waals surface area contributed by atoms with Crippen molar-refractivity contribution in [1.29, 1.82) is 0 Å². The second-order valence-corrected chi connectivity index (χ2v) is 6.93. The molecule has 144 valence electrons. The van der Waals surface area contributed by atoms with Gasteiger partial charge in [-0.1, -0.05) is 24.3 Å². The van der Waals surface area contributed by atoms with Gasteiger partial charge < -0.3 is 16.0 Å². The van der Waals surface area contributed by atoms with E-state index in [1.807, 2.05) is 49.1 Å². The Morgan fingerprint density at radius 3 is 2.30 bits per heavy atom. The van der Waals surface area contributed by atoms with Crippen LogP contribution in [0, 0.1) is 13.8 Å². The number of nitrogens with one attached hydrogen (secondary N) is 1. The Labute approximate surface area is 166 Å². The molecule has 0 spiro atoms. The van der Waals surface area contributed by atoms with Gasteiger partial charge in [0.05, 0.1) is 0 Å². The molecule has 2 aromatic rings. The first-order valence-corrected chi connectivity index (χ1v) is 8.97. The number of nitrogens with two attached hydrogens (primary N) is 1. The molecule has 0 unspecified atom stereocenters. The maximum atomic E-state index is 12.8. The Bertz CT molecular complexity index is 830. The minimum atomic E-state index is -0.0421. The highest BCUT2D eigenvalue weighted by atomic mass is 35.5. The lowest BCUT2D eigenvalue weighted by Gasteiger charge is -2.33. The van der Waals surface area contributed by atoms with Gasteiger partial charge in [0.1, 0.15) is 0 Å². The molecule has 3 N–H and O–H groups in total. The third kappa shape index (κ3) is 4.80. The molecule has 1 saturated heterocycles. The van der Waals surface area contributed by atoms with Gasteiger partial charge >= 0.3 is 0 Å². The average Bonchev–Trinajstić information content (AvgIpc) is 2.64. The molecule has 0 atom stereocenters. The average molecular weight is 388 g/mol. The van der Waals surface area contributed by atoms with E-state index in [0.29, 0.717) is 29.9 Å². The van der Waals surface area contributed by atoms with Crippen LogP contribution in [0.5, 0.6) is 0 Å². The summed E-state index contributed by atoms with van der Waals surface area (Å²) in [5.74, 6) is -0.0296. The highest BCUT2D eigenvalue weighted by molar-refractivity contribution is 5.97. The Morgan fingerprint density at radius 2 is 1.63 bits per heavy atom. The molecule has 0 radical (unpaired) electrons. The van der Waals surface area contributed by atoms with Crippen LogP contribution >= 0.6 is 12.4 Å². The van der Waals surface area contributed by atoms with Gasteiger partial charge in [-0.15, -0.1) is 12.4 Å². The number of nitrogen functional groups attached to an aromatic ring is 1. The smallest absolute Gasteiger partial charge is 0.254 e. The minimum Gasteiger partial charge on any atom is -0.399 e. The molecule has 2 amide bonds. The van der Waals surface area contributed by atoms with Crippen molar-refractivity contribution in [3.8, 4) is 0 Å². The summed E-state index contributed by atoms with van der Waals surface area (Å²) in [7, 11) is 0. The van der Waals surface area contributed by atoms with Crippen molar-refractivity contribution in [1.82, 2.24) is 10.2 Å². The highest BCUT2D eigenvalue weighted by Crippen LogP contribution is 2.19. The SMILES string of the molecule is Cc1ccccc1C(=O)NC1CCN(C(=O)c2cc(N)ccc2C)CC1.Cl. The summed E-state index contributed by atoms with van der Waals surface area (Å²) in [6.45, 7) is 5.11. The van der Waals surface area contributed by atoms with Gasteiger partial charge in [-0.05, 0) is 56.0 Å². The van der Waals surface area contributed by atoms with E-state index in [-0.39, 0.29) is 30.3 Å². The summed E-state index contributed by atoms with van der Waals surface area (Å²) in [5, 5.41) is 3.10. The number of carbonyl (C=O) groups is 2. The van der Waals surface area contributed by atoms with Crippen LogP contribution in [-0.2, 0) is 0 Å². The predicted molar refractivity (Wildman–Crippen MR) is 110 cm³/mol. The standard InChI is InChI=1S/C21H25N3O2.ClH/c1-14-5-3-4-6-18(14)20(25)23-17-9-11-24(12-10-17)21(26)19-13-16(22)8-7-15(19)2;/h3-8,13,17H,9-12,22H2,1-2H3,(H,23,25);1H. The van der Waals surface area contributed by atoms with E-state index >= 15 is 0 Å². The van der Waals surface area contributed by atoms with Crippen LogP contribution in [-0.4, -0.2) is 35.8 Å². The van der Waals surface area contributed by atoms with Crippen molar-refractivity contribution >= 4 is 29.9 Å². The largest absolute Gasteiger partial charge is 0.399 e. The summed E-state index contributed by atoms with van der Waals surface area (Å²) < 4.78 is 0. The molecular weight excluding hydrogens is 362 g/mol. The zero-order valence-corrected chi connectivity index (χ0v) is 16.5. The quantitative estimate of drug-likeness (QED) is 0.793. The first kappa shape index (κ1) is 20.8. The number of amides is 2. The zero-order valence-electron chi connectivity index (χ0n) is 15.7. The number of benzene rings is 2. The number of rotatable bonds is 3. The number of hydrogen-bond acceptors (Lipinski definition) is 3. The number of aryl methyl sites for hydroxylation is 2. The number of anilines is 1. The number of hydrogen-bond donors (Lipinski definition) is 2. The molecule has 1 aliphatic heterocycles. The van der Waals surface area contributed by atoms with Crippen LogP contribution in [0.2, 0.25) is 0 Å². The Morgan fingerprint density at radius 1 is 1.00 bits per heavy atom. The molecule has 3 rings (SSSR count). The van der Waals surface area contributed by atoms with E-state index in [0.717, 1.165) is 24.0 Å². The van der Waals surface area contributed by atoms with Crippen molar-refractivity contribution < 1.29 is 9.59 Å². The summed E-state index contributed by atoms with van der Waals surface area (Å²) in [5.41, 5.74) is 9.68.